The maximum Gasteiger partial charge on any atom is 0.257 e. The molecule has 6 heteroatoms. The quantitative estimate of drug-likeness (QED) is 0.686. The van der Waals surface area contributed by atoms with E-state index in [0.717, 1.165) is 16.8 Å². The zero-order valence-corrected chi connectivity index (χ0v) is 15.4. The summed E-state index contributed by atoms with van der Waals surface area (Å²) in [6.07, 6.45) is 0.354. The number of ether oxygens (including phenoxy) is 1. The fraction of sp³-hybridized carbons (Fsp3) is 0.286. The van der Waals surface area contributed by atoms with Crippen molar-refractivity contribution in [2.45, 2.75) is 26.2 Å². The summed E-state index contributed by atoms with van der Waals surface area (Å²) in [7, 11) is 0. The van der Waals surface area contributed by atoms with Crippen molar-refractivity contribution in [2.75, 3.05) is 18.1 Å². The summed E-state index contributed by atoms with van der Waals surface area (Å²) in [5.74, 6) is 1.69. The van der Waals surface area contributed by atoms with Crippen molar-refractivity contribution < 1.29 is 14.1 Å². The number of hydrogen-bond donors (Lipinski definition) is 0. The molecule has 1 atom stereocenters. The molecule has 1 aliphatic heterocycles. The average molecular weight is 363 g/mol. The van der Waals surface area contributed by atoms with Crippen molar-refractivity contribution >= 4 is 11.6 Å². The van der Waals surface area contributed by atoms with Crippen molar-refractivity contribution in [1.29, 1.82) is 0 Å². The molecule has 2 heterocycles. The van der Waals surface area contributed by atoms with Crippen LogP contribution in [-0.4, -0.2) is 29.2 Å². The molecule has 1 aromatic heterocycles. The highest BCUT2D eigenvalue weighted by molar-refractivity contribution is 5.97. The molecule has 0 saturated carbocycles. The first-order valence-electron chi connectivity index (χ1n) is 9.08. The van der Waals surface area contributed by atoms with Gasteiger partial charge in [0.25, 0.3) is 5.89 Å². The molecule has 27 heavy (non-hydrogen) atoms. The molecule has 0 N–H and O–H groups in total. The normalized spacial score (nSPS) is 16.7. The van der Waals surface area contributed by atoms with Crippen LogP contribution >= 0.6 is 0 Å². The first-order valence-corrected chi connectivity index (χ1v) is 9.08. The Hall–Kier alpha value is -3.15. The molecule has 6 nitrogen and oxygen atoms in total. The Morgan fingerprint density at radius 3 is 2.89 bits per heavy atom. The van der Waals surface area contributed by atoms with Crippen LogP contribution < -0.4 is 9.64 Å². The van der Waals surface area contributed by atoms with Gasteiger partial charge in [-0.15, -0.1) is 0 Å². The third-order valence-electron chi connectivity index (χ3n) is 4.65. The van der Waals surface area contributed by atoms with Crippen molar-refractivity contribution in [3.8, 4) is 17.2 Å². The summed E-state index contributed by atoms with van der Waals surface area (Å²) in [4.78, 5) is 18.9. The van der Waals surface area contributed by atoms with Crippen LogP contribution in [-0.2, 0) is 4.79 Å². The molecule has 1 fully saturated rings. The molecular weight excluding hydrogens is 342 g/mol. The number of amides is 1. The predicted octanol–water partition coefficient (Wildman–Crippen LogP) is 3.96. The van der Waals surface area contributed by atoms with Gasteiger partial charge in [0, 0.05) is 24.4 Å². The topological polar surface area (TPSA) is 68.5 Å². The molecule has 1 aliphatic rings. The van der Waals surface area contributed by atoms with Crippen molar-refractivity contribution in [3.05, 3.63) is 59.9 Å². The zero-order chi connectivity index (χ0) is 18.8. The maximum absolute atomic E-state index is 12.6. The number of aryl methyl sites for hydroxylation is 1. The Labute approximate surface area is 157 Å². The van der Waals surface area contributed by atoms with Gasteiger partial charge in [0.05, 0.1) is 12.3 Å². The standard InChI is InChI=1S/C21H21N3O3/c1-3-26-18-10-5-4-9-17(18)24-13-16(12-19(24)25)20-22-21(27-23-20)15-8-6-7-14(2)11-15/h4-11,16H,3,12-13H2,1-2H3. The Morgan fingerprint density at radius 1 is 1.22 bits per heavy atom. The Balaban J connectivity index is 1.57. The van der Waals surface area contributed by atoms with E-state index in [1.165, 1.54) is 0 Å². The number of anilines is 1. The second-order valence-electron chi connectivity index (χ2n) is 6.63. The van der Waals surface area contributed by atoms with E-state index in [4.69, 9.17) is 9.26 Å². The Morgan fingerprint density at radius 2 is 2.07 bits per heavy atom. The number of aromatic nitrogens is 2. The number of hydrogen-bond acceptors (Lipinski definition) is 5. The number of nitrogens with zero attached hydrogens (tertiary/aromatic N) is 3. The number of para-hydroxylation sites is 2. The van der Waals surface area contributed by atoms with Crippen molar-refractivity contribution in [3.63, 3.8) is 0 Å². The summed E-state index contributed by atoms with van der Waals surface area (Å²) >= 11 is 0. The van der Waals surface area contributed by atoms with Crippen LogP contribution in [0.3, 0.4) is 0 Å². The summed E-state index contributed by atoms with van der Waals surface area (Å²) in [5.41, 5.74) is 2.80. The largest absolute Gasteiger partial charge is 0.492 e. The van der Waals surface area contributed by atoms with Gasteiger partial charge in [-0.05, 0) is 38.1 Å². The summed E-state index contributed by atoms with van der Waals surface area (Å²) in [6, 6.07) is 15.5. The minimum absolute atomic E-state index is 0.0362. The van der Waals surface area contributed by atoms with Gasteiger partial charge in [0.2, 0.25) is 5.91 Å². The second-order valence-corrected chi connectivity index (χ2v) is 6.63. The second kappa shape index (κ2) is 7.23. The molecule has 1 amide bonds. The van der Waals surface area contributed by atoms with Crippen molar-refractivity contribution in [1.82, 2.24) is 10.1 Å². The van der Waals surface area contributed by atoms with Gasteiger partial charge in [-0.3, -0.25) is 4.79 Å². The van der Waals surface area contributed by atoms with E-state index in [-0.39, 0.29) is 11.8 Å². The fourth-order valence-electron chi connectivity index (χ4n) is 3.37. The first kappa shape index (κ1) is 17.3. The lowest BCUT2D eigenvalue weighted by Crippen LogP contribution is -2.25. The molecular formula is C21H21N3O3. The molecule has 3 aromatic rings. The van der Waals surface area contributed by atoms with E-state index < -0.39 is 0 Å². The minimum atomic E-state index is -0.102. The van der Waals surface area contributed by atoms with Gasteiger partial charge in [-0.25, -0.2) is 0 Å². The number of carbonyl (C=O) groups excluding carboxylic acids is 1. The number of benzene rings is 2. The van der Waals surface area contributed by atoms with E-state index in [0.29, 0.717) is 37.0 Å². The SMILES string of the molecule is CCOc1ccccc1N1CC(c2noc(-c3cccc(C)c3)n2)CC1=O. The van der Waals surface area contributed by atoms with Crippen LogP contribution in [0.15, 0.2) is 53.1 Å². The molecule has 0 radical (unpaired) electrons. The molecule has 0 spiro atoms. The highest BCUT2D eigenvalue weighted by Crippen LogP contribution is 2.36. The predicted molar refractivity (Wildman–Crippen MR) is 102 cm³/mol. The van der Waals surface area contributed by atoms with Crippen molar-refractivity contribution in [2.24, 2.45) is 0 Å². The van der Waals surface area contributed by atoms with Crippen LogP contribution in [0.1, 0.15) is 30.7 Å². The highest BCUT2D eigenvalue weighted by atomic mass is 16.5. The van der Waals surface area contributed by atoms with E-state index in [2.05, 4.69) is 10.1 Å². The lowest BCUT2D eigenvalue weighted by molar-refractivity contribution is -0.117. The lowest BCUT2D eigenvalue weighted by Gasteiger charge is -2.19. The smallest absolute Gasteiger partial charge is 0.257 e. The van der Waals surface area contributed by atoms with E-state index in [1.807, 2.05) is 62.4 Å². The van der Waals surface area contributed by atoms with Gasteiger partial charge in [0.15, 0.2) is 5.82 Å². The molecule has 1 unspecified atom stereocenters. The van der Waals surface area contributed by atoms with E-state index in [9.17, 15) is 4.79 Å². The van der Waals surface area contributed by atoms with Gasteiger partial charge >= 0.3 is 0 Å². The third-order valence-corrected chi connectivity index (χ3v) is 4.65. The molecule has 0 bridgehead atoms. The van der Waals surface area contributed by atoms with Gasteiger partial charge in [-0.2, -0.15) is 4.98 Å². The van der Waals surface area contributed by atoms with Crippen LogP contribution in [0.2, 0.25) is 0 Å². The molecule has 4 rings (SSSR count). The number of rotatable bonds is 5. The summed E-state index contributed by atoms with van der Waals surface area (Å²) in [5, 5.41) is 4.13. The summed E-state index contributed by atoms with van der Waals surface area (Å²) in [6.45, 7) is 5.00. The maximum atomic E-state index is 12.6. The van der Waals surface area contributed by atoms with E-state index in [1.54, 1.807) is 4.90 Å². The van der Waals surface area contributed by atoms with Gasteiger partial charge in [-0.1, -0.05) is 35.0 Å². The van der Waals surface area contributed by atoms with E-state index >= 15 is 0 Å². The highest BCUT2D eigenvalue weighted by Gasteiger charge is 2.35. The van der Waals surface area contributed by atoms with Crippen LogP contribution in [0.5, 0.6) is 5.75 Å². The molecule has 0 aliphatic carbocycles. The fourth-order valence-corrected chi connectivity index (χ4v) is 3.37. The molecule has 138 valence electrons. The Bertz CT molecular complexity index is 967. The Kier molecular flexibility index (Phi) is 4.62. The van der Waals surface area contributed by atoms with Crippen LogP contribution in [0.25, 0.3) is 11.5 Å². The van der Waals surface area contributed by atoms with Crippen LogP contribution in [0.4, 0.5) is 5.69 Å². The minimum Gasteiger partial charge on any atom is -0.492 e. The average Bonchev–Trinajstić information content (AvgIpc) is 3.29. The van der Waals surface area contributed by atoms with Gasteiger partial charge < -0.3 is 14.2 Å². The van der Waals surface area contributed by atoms with Crippen LogP contribution in [0, 0.1) is 6.92 Å². The molecule has 2 aromatic carbocycles. The lowest BCUT2D eigenvalue weighted by atomic mass is 10.1. The zero-order valence-electron chi connectivity index (χ0n) is 15.4. The third kappa shape index (κ3) is 3.43. The first-order chi connectivity index (χ1) is 13.2. The number of carbonyl (C=O) groups is 1. The molecule has 1 saturated heterocycles. The summed E-state index contributed by atoms with van der Waals surface area (Å²) < 4.78 is 11.1. The van der Waals surface area contributed by atoms with Gasteiger partial charge in [0.1, 0.15) is 5.75 Å². The monoisotopic (exact) mass is 363 g/mol.